The summed E-state index contributed by atoms with van der Waals surface area (Å²) in [5, 5.41) is 4.25. The number of H-pyrrole nitrogens is 1. The zero-order valence-electron chi connectivity index (χ0n) is 22.4. The summed E-state index contributed by atoms with van der Waals surface area (Å²) >= 11 is 0. The summed E-state index contributed by atoms with van der Waals surface area (Å²) < 4.78 is 1.56. The Balaban J connectivity index is 0.000000289. The summed E-state index contributed by atoms with van der Waals surface area (Å²) in [7, 11) is 0. The van der Waals surface area contributed by atoms with E-state index in [-0.39, 0.29) is 11.6 Å². The van der Waals surface area contributed by atoms with E-state index in [9.17, 15) is 4.79 Å². The molecule has 0 bridgehead atoms. The molecule has 37 heavy (non-hydrogen) atoms. The second-order valence-electron chi connectivity index (χ2n) is 10.1. The van der Waals surface area contributed by atoms with Crippen LogP contribution in [0.5, 0.6) is 0 Å². The number of hydrogen-bond donors (Lipinski definition) is 5. The van der Waals surface area contributed by atoms with Crippen molar-refractivity contribution >= 4 is 17.0 Å². The van der Waals surface area contributed by atoms with Crippen LogP contribution >= 0.6 is 0 Å². The maximum absolute atomic E-state index is 12.2. The maximum Gasteiger partial charge on any atom is 0.354 e. The van der Waals surface area contributed by atoms with Crippen LogP contribution in [0.1, 0.15) is 37.9 Å². The SMILES string of the molecule is C[C@H](CN)CN1CC[C@@H](C)C1.Cc1cc2cn(-c3ccc(CNCCCN=C(N)N)cc3)c(=O)nc2[nH]1. The number of guanidine groups is 1. The van der Waals surface area contributed by atoms with Crippen LogP contribution < -0.4 is 28.2 Å². The largest absolute Gasteiger partial charge is 0.370 e. The fraction of sp³-hybridized carbons (Fsp3) is 0.519. The van der Waals surface area contributed by atoms with Gasteiger partial charge < -0.3 is 32.4 Å². The Morgan fingerprint density at radius 1 is 1.30 bits per heavy atom. The number of nitrogens with one attached hydrogen (secondary N) is 2. The third-order valence-electron chi connectivity index (χ3n) is 6.47. The highest BCUT2D eigenvalue weighted by atomic mass is 16.1. The first-order valence-corrected chi connectivity index (χ1v) is 13.1. The van der Waals surface area contributed by atoms with Gasteiger partial charge in [-0.3, -0.25) is 9.56 Å². The van der Waals surface area contributed by atoms with Crippen molar-refractivity contribution in [3.8, 4) is 5.69 Å². The van der Waals surface area contributed by atoms with E-state index in [1.54, 1.807) is 4.57 Å². The van der Waals surface area contributed by atoms with Gasteiger partial charge in [-0.25, -0.2) is 4.79 Å². The lowest BCUT2D eigenvalue weighted by Gasteiger charge is -2.18. The van der Waals surface area contributed by atoms with Crippen molar-refractivity contribution < 1.29 is 0 Å². The average Bonchev–Trinajstić information content (AvgIpc) is 3.44. The second-order valence-corrected chi connectivity index (χ2v) is 10.1. The fourth-order valence-corrected chi connectivity index (χ4v) is 4.44. The Bertz CT molecular complexity index is 1190. The van der Waals surface area contributed by atoms with Gasteiger partial charge in [0.25, 0.3) is 0 Å². The zero-order valence-corrected chi connectivity index (χ0v) is 22.4. The van der Waals surface area contributed by atoms with E-state index in [1.807, 2.05) is 43.5 Å². The maximum atomic E-state index is 12.2. The molecule has 4 rings (SSSR count). The first kappa shape index (κ1) is 28.4. The van der Waals surface area contributed by atoms with E-state index in [2.05, 4.69) is 39.0 Å². The number of nitrogens with two attached hydrogens (primary N) is 3. The average molecular weight is 510 g/mol. The van der Waals surface area contributed by atoms with Gasteiger partial charge in [-0.05, 0) is 75.0 Å². The molecule has 0 radical (unpaired) electrons. The molecule has 1 fully saturated rings. The van der Waals surface area contributed by atoms with Crippen molar-refractivity contribution in [3.63, 3.8) is 0 Å². The summed E-state index contributed by atoms with van der Waals surface area (Å²) in [6.07, 6.45) is 4.05. The lowest BCUT2D eigenvalue weighted by Crippen LogP contribution is -2.29. The monoisotopic (exact) mass is 509 g/mol. The standard InChI is InChI=1S/C18H23N7O.C9H20N2/c1-12-9-14-11-25(18(26)24-16(14)23-12)15-5-3-13(4-6-15)10-21-7-2-8-22-17(19)20;1-8-3-4-11(6-8)7-9(2)5-10/h3-6,9,11,21H,2,7-8,10H2,1H3,(H4,19,20,22)(H,23,24,26);8-9H,3-7,10H2,1-2H3/t;8-,9-/m.1/s1. The van der Waals surface area contributed by atoms with Gasteiger partial charge in [0.15, 0.2) is 5.96 Å². The van der Waals surface area contributed by atoms with Gasteiger partial charge in [0.2, 0.25) is 0 Å². The minimum atomic E-state index is -0.301. The van der Waals surface area contributed by atoms with Crippen molar-refractivity contribution in [1.29, 1.82) is 0 Å². The van der Waals surface area contributed by atoms with Gasteiger partial charge >= 0.3 is 5.69 Å². The molecule has 1 aliphatic heterocycles. The van der Waals surface area contributed by atoms with Crippen LogP contribution in [0.2, 0.25) is 0 Å². The molecule has 1 aliphatic rings. The first-order chi connectivity index (χ1) is 17.7. The highest BCUT2D eigenvalue weighted by molar-refractivity contribution is 5.76. The zero-order chi connectivity index (χ0) is 26.8. The predicted molar refractivity (Wildman–Crippen MR) is 152 cm³/mol. The number of aromatic amines is 1. The third kappa shape index (κ3) is 8.99. The lowest BCUT2D eigenvalue weighted by molar-refractivity contribution is 0.283. The van der Waals surface area contributed by atoms with Gasteiger partial charge in [-0.15, -0.1) is 0 Å². The summed E-state index contributed by atoms with van der Waals surface area (Å²) in [4.78, 5) is 25.9. The van der Waals surface area contributed by atoms with Crippen LogP contribution in [-0.2, 0) is 6.54 Å². The van der Waals surface area contributed by atoms with Gasteiger partial charge in [0.1, 0.15) is 5.65 Å². The molecule has 0 saturated carbocycles. The smallest absolute Gasteiger partial charge is 0.354 e. The van der Waals surface area contributed by atoms with Gasteiger partial charge in [-0.2, -0.15) is 4.98 Å². The molecule has 3 heterocycles. The number of nitrogens with zero attached hydrogens (tertiary/aromatic N) is 4. The van der Waals surface area contributed by atoms with E-state index >= 15 is 0 Å². The molecule has 0 unspecified atom stereocenters. The number of hydrogen-bond acceptors (Lipinski definition) is 6. The number of likely N-dealkylation sites (tertiary alicyclic amines) is 1. The van der Waals surface area contributed by atoms with E-state index in [1.165, 1.54) is 26.1 Å². The normalized spacial score (nSPS) is 16.4. The Morgan fingerprint density at radius 2 is 2.05 bits per heavy atom. The van der Waals surface area contributed by atoms with E-state index in [0.29, 0.717) is 18.1 Å². The molecule has 8 N–H and O–H groups in total. The summed E-state index contributed by atoms with van der Waals surface area (Å²) in [6, 6.07) is 9.81. The second kappa shape index (κ2) is 13.9. The minimum Gasteiger partial charge on any atom is -0.370 e. The quantitative estimate of drug-likeness (QED) is 0.158. The van der Waals surface area contributed by atoms with Crippen LogP contribution in [0.25, 0.3) is 16.7 Å². The molecule has 10 nitrogen and oxygen atoms in total. The number of benzene rings is 1. The van der Waals surface area contributed by atoms with Crippen LogP contribution in [-0.4, -0.2) is 64.7 Å². The van der Waals surface area contributed by atoms with Crippen LogP contribution in [0.3, 0.4) is 0 Å². The van der Waals surface area contributed by atoms with E-state index in [4.69, 9.17) is 17.2 Å². The Morgan fingerprint density at radius 3 is 2.70 bits per heavy atom. The Kier molecular flexibility index (Phi) is 10.7. The van der Waals surface area contributed by atoms with E-state index < -0.39 is 0 Å². The van der Waals surface area contributed by atoms with Gasteiger partial charge in [0, 0.05) is 43.5 Å². The van der Waals surface area contributed by atoms with Crippen LogP contribution in [0.4, 0.5) is 0 Å². The summed E-state index contributed by atoms with van der Waals surface area (Å²) in [6.45, 7) is 13.3. The molecule has 0 spiro atoms. The topological polar surface area (TPSA) is 156 Å². The molecule has 1 saturated heterocycles. The number of rotatable bonds is 10. The Labute approximate surface area is 219 Å². The van der Waals surface area contributed by atoms with Gasteiger partial charge in [-0.1, -0.05) is 26.0 Å². The van der Waals surface area contributed by atoms with Crippen molar-refractivity contribution in [1.82, 2.24) is 24.8 Å². The lowest BCUT2D eigenvalue weighted by atomic mass is 10.1. The molecule has 2 atom stereocenters. The van der Waals surface area contributed by atoms with Crippen molar-refractivity contribution in [2.75, 3.05) is 39.3 Å². The summed E-state index contributed by atoms with van der Waals surface area (Å²) in [5.41, 5.74) is 19.3. The van der Waals surface area contributed by atoms with Crippen molar-refractivity contribution in [2.45, 2.75) is 40.2 Å². The molecule has 2 aromatic heterocycles. The molecule has 10 heteroatoms. The van der Waals surface area contributed by atoms with Crippen molar-refractivity contribution in [2.24, 2.45) is 34.0 Å². The van der Waals surface area contributed by atoms with Crippen LogP contribution in [0.15, 0.2) is 46.3 Å². The highest BCUT2D eigenvalue weighted by Crippen LogP contribution is 2.16. The minimum absolute atomic E-state index is 0.123. The number of aliphatic imine (C=N–C) groups is 1. The third-order valence-corrected chi connectivity index (χ3v) is 6.47. The molecule has 0 amide bonds. The molecule has 1 aromatic carbocycles. The summed E-state index contributed by atoms with van der Waals surface area (Å²) in [5.74, 6) is 1.69. The molecule has 3 aromatic rings. The number of aryl methyl sites for hydroxylation is 1. The highest BCUT2D eigenvalue weighted by Gasteiger charge is 2.19. The van der Waals surface area contributed by atoms with Gasteiger partial charge in [0.05, 0.1) is 5.69 Å². The molecular weight excluding hydrogens is 466 g/mol. The predicted octanol–water partition coefficient (Wildman–Crippen LogP) is 1.70. The molecule has 202 valence electrons. The van der Waals surface area contributed by atoms with E-state index in [0.717, 1.165) is 54.3 Å². The Hall–Kier alpha value is -3.21. The first-order valence-electron chi connectivity index (χ1n) is 13.1. The fourth-order valence-electron chi connectivity index (χ4n) is 4.44. The van der Waals surface area contributed by atoms with Crippen LogP contribution in [0, 0.1) is 18.8 Å². The number of fused-ring (bicyclic) bond motifs is 1. The van der Waals surface area contributed by atoms with Crippen molar-refractivity contribution in [3.05, 3.63) is 58.3 Å². The number of aromatic nitrogens is 3. The molecule has 0 aliphatic carbocycles. The molecular formula is C27H43N9O.